The molecule has 118 valence electrons. The van der Waals surface area contributed by atoms with E-state index < -0.39 is 5.82 Å². The SMILES string of the molecule is C[C@@H]1CC[C@H](C(=O)NCCc2c[nH]c3cc(F)c(Cl)cc23)O1. The summed E-state index contributed by atoms with van der Waals surface area (Å²) < 4.78 is 18.9. The van der Waals surface area contributed by atoms with Gasteiger partial charge in [-0.2, -0.15) is 0 Å². The van der Waals surface area contributed by atoms with E-state index in [2.05, 4.69) is 10.3 Å². The summed E-state index contributed by atoms with van der Waals surface area (Å²) in [5.74, 6) is -0.503. The molecule has 0 saturated carbocycles. The Hall–Kier alpha value is -1.59. The topological polar surface area (TPSA) is 54.1 Å². The van der Waals surface area contributed by atoms with Gasteiger partial charge in [0.15, 0.2) is 0 Å². The van der Waals surface area contributed by atoms with E-state index in [4.69, 9.17) is 16.3 Å². The van der Waals surface area contributed by atoms with Crippen molar-refractivity contribution in [2.45, 2.75) is 38.4 Å². The Kier molecular flexibility index (Phi) is 4.36. The van der Waals surface area contributed by atoms with Crippen molar-refractivity contribution < 1.29 is 13.9 Å². The molecule has 0 spiro atoms. The van der Waals surface area contributed by atoms with Gasteiger partial charge in [0.25, 0.3) is 0 Å². The molecule has 4 nitrogen and oxygen atoms in total. The highest BCUT2D eigenvalue weighted by Gasteiger charge is 2.27. The lowest BCUT2D eigenvalue weighted by Gasteiger charge is -2.11. The number of fused-ring (bicyclic) bond motifs is 1. The van der Waals surface area contributed by atoms with Gasteiger partial charge >= 0.3 is 0 Å². The number of amides is 1. The number of benzene rings is 1. The minimum atomic E-state index is -0.441. The Balaban J connectivity index is 1.60. The first-order valence-electron chi connectivity index (χ1n) is 7.43. The van der Waals surface area contributed by atoms with Gasteiger partial charge in [0.05, 0.1) is 11.1 Å². The highest BCUT2D eigenvalue weighted by molar-refractivity contribution is 6.31. The van der Waals surface area contributed by atoms with Crippen LogP contribution in [0.1, 0.15) is 25.3 Å². The van der Waals surface area contributed by atoms with E-state index in [1.165, 1.54) is 6.07 Å². The number of hydrogen-bond donors (Lipinski definition) is 2. The van der Waals surface area contributed by atoms with Gasteiger partial charge in [-0.3, -0.25) is 4.79 Å². The van der Waals surface area contributed by atoms with Crippen molar-refractivity contribution in [1.29, 1.82) is 0 Å². The first-order chi connectivity index (χ1) is 10.5. The predicted octanol–water partition coefficient (Wildman–Crippen LogP) is 3.19. The minimum absolute atomic E-state index is 0.0618. The Labute approximate surface area is 133 Å². The molecule has 0 radical (unpaired) electrons. The van der Waals surface area contributed by atoms with E-state index in [1.54, 1.807) is 6.07 Å². The van der Waals surface area contributed by atoms with E-state index >= 15 is 0 Å². The van der Waals surface area contributed by atoms with Crippen molar-refractivity contribution in [3.05, 3.63) is 34.7 Å². The molecule has 22 heavy (non-hydrogen) atoms. The molecule has 2 aromatic rings. The molecule has 1 aromatic carbocycles. The normalized spacial score (nSPS) is 21.4. The standard InChI is InChI=1S/C16H18ClFN2O2/c1-9-2-3-15(22-9)16(21)19-5-4-10-8-20-14-7-13(18)12(17)6-11(10)14/h6-9,15,20H,2-5H2,1H3,(H,19,21)/t9-,15-/m1/s1. The lowest BCUT2D eigenvalue weighted by Crippen LogP contribution is -2.35. The minimum Gasteiger partial charge on any atom is -0.365 e. The predicted molar refractivity (Wildman–Crippen MR) is 83.5 cm³/mol. The summed E-state index contributed by atoms with van der Waals surface area (Å²) in [6.07, 6.45) is 3.99. The molecule has 1 amide bonds. The highest BCUT2D eigenvalue weighted by atomic mass is 35.5. The van der Waals surface area contributed by atoms with Crippen molar-refractivity contribution in [2.24, 2.45) is 0 Å². The molecule has 1 fully saturated rings. The summed E-state index contributed by atoms with van der Waals surface area (Å²) in [4.78, 5) is 15.0. The van der Waals surface area contributed by atoms with Crippen molar-refractivity contribution >= 4 is 28.4 Å². The zero-order valence-electron chi connectivity index (χ0n) is 12.3. The van der Waals surface area contributed by atoms with E-state index in [-0.39, 0.29) is 23.1 Å². The number of carbonyl (C=O) groups is 1. The number of rotatable bonds is 4. The van der Waals surface area contributed by atoms with Gasteiger partial charge in [0.1, 0.15) is 11.9 Å². The van der Waals surface area contributed by atoms with Crippen molar-refractivity contribution in [3.8, 4) is 0 Å². The van der Waals surface area contributed by atoms with Crippen LogP contribution in [0.2, 0.25) is 5.02 Å². The summed E-state index contributed by atoms with van der Waals surface area (Å²) in [5.41, 5.74) is 1.70. The van der Waals surface area contributed by atoms with Gasteiger partial charge in [-0.15, -0.1) is 0 Å². The molecule has 1 saturated heterocycles. The molecule has 0 bridgehead atoms. The second-order valence-electron chi connectivity index (χ2n) is 5.68. The van der Waals surface area contributed by atoms with Crippen molar-refractivity contribution in [2.75, 3.05) is 6.54 Å². The second kappa shape index (κ2) is 6.26. The molecular weight excluding hydrogens is 307 g/mol. The lowest BCUT2D eigenvalue weighted by molar-refractivity contribution is -0.131. The fourth-order valence-electron chi connectivity index (χ4n) is 2.81. The van der Waals surface area contributed by atoms with Crippen molar-refractivity contribution in [1.82, 2.24) is 10.3 Å². The van der Waals surface area contributed by atoms with Crippen LogP contribution < -0.4 is 5.32 Å². The van der Waals surface area contributed by atoms with Crippen LogP contribution in [0.3, 0.4) is 0 Å². The summed E-state index contributed by atoms with van der Waals surface area (Å²) in [7, 11) is 0. The number of carbonyl (C=O) groups excluding carboxylic acids is 1. The van der Waals surface area contributed by atoms with Crippen LogP contribution in [0.4, 0.5) is 4.39 Å². The number of halogens is 2. The first kappa shape index (κ1) is 15.3. The number of hydrogen-bond acceptors (Lipinski definition) is 2. The number of ether oxygens (including phenoxy) is 1. The lowest BCUT2D eigenvalue weighted by atomic mass is 10.1. The maximum atomic E-state index is 13.4. The van der Waals surface area contributed by atoms with Gasteiger partial charge in [0.2, 0.25) is 5.91 Å². The summed E-state index contributed by atoms with van der Waals surface area (Å²) in [6, 6.07) is 3.00. The molecule has 0 unspecified atom stereocenters. The van der Waals surface area contributed by atoms with Gasteiger partial charge < -0.3 is 15.0 Å². The summed E-state index contributed by atoms with van der Waals surface area (Å²) in [5, 5.41) is 3.87. The van der Waals surface area contributed by atoms with Crippen LogP contribution in [0.25, 0.3) is 10.9 Å². The average Bonchev–Trinajstić information content (AvgIpc) is 3.07. The zero-order valence-corrected chi connectivity index (χ0v) is 13.0. The number of aromatic nitrogens is 1. The third-order valence-electron chi connectivity index (χ3n) is 4.03. The Morgan fingerprint density at radius 2 is 2.32 bits per heavy atom. The molecule has 0 aliphatic carbocycles. The van der Waals surface area contributed by atoms with Crippen LogP contribution in [0.15, 0.2) is 18.3 Å². The highest BCUT2D eigenvalue weighted by Crippen LogP contribution is 2.25. The van der Waals surface area contributed by atoms with Gasteiger partial charge in [-0.25, -0.2) is 4.39 Å². The van der Waals surface area contributed by atoms with Crippen LogP contribution in [0, 0.1) is 5.82 Å². The summed E-state index contributed by atoms with van der Waals surface area (Å²) in [6.45, 7) is 2.48. The largest absolute Gasteiger partial charge is 0.365 e. The van der Waals surface area contributed by atoms with Gasteiger partial charge in [0, 0.05) is 23.6 Å². The first-order valence-corrected chi connectivity index (χ1v) is 7.80. The fourth-order valence-corrected chi connectivity index (χ4v) is 2.97. The molecule has 6 heteroatoms. The maximum Gasteiger partial charge on any atom is 0.249 e. The summed E-state index contributed by atoms with van der Waals surface area (Å²) >= 11 is 5.83. The van der Waals surface area contributed by atoms with Crippen LogP contribution >= 0.6 is 11.6 Å². The molecule has 1 aromatic heterocycles. The number of nitrogens with one attached hydrogen (secondary N) is 2. The molecule has 2 heterocycles. The molecule has 3 rings (SSSR count). The number of aromatic amines is 1. The maximum absolute atomic E-state index is 13.4. The Bertz CT molecular complexity index is 701. The van der Waals surface area contributed by atoms with Crippen LogP contribution in [-0.4, -0.2) is 29.6 Å². The molecule has 1 aliphatic rings. The molecule has 2 atom stereocenters. The fraction of sp³-hybridized carbons (Fsp3) is 0.438. The zero-order chi connectivity index (χ0) is 15.7. The van der Waals surface area contributed by atoms with Crippen LogP contribution in [-0.2, 0) is 16.0 Å². The third kappa shape index (κ3) is 3.10. The molecule has 1 aliphatic heterocycles. The smallest absolute Gasteiger partial charge is 0.249 e. The van der Waals surface area contributed by atoms with Crippen molar-refractivity contribution in [3.63, 3.8) is 0 Å². The monoisotopic (exact) mass is 324 g/mol. The van der Waals surface area contributed by atoms with E-state index in [9.17, 15) is 9.18 Å². The number of H-pyrrole nitrogens is 1. The second-order valence-corrected chi connectivity index (χ2v) is 6.09. The van der Waals surface area contributed by atoms with Gasteiger partial charge in [-0.1, -0.05) is 11.6 Å². The Morgan fingerprint density at radius 1 is 1.50 bits per heavy atom. The van der Waals surface area contributed by atoms with Crippen LogP contribution in [0.5, 0.6) is 0 Å². The van der Waals surface area contributed by atoms with Gasteiger partial charge in [-0.05, 0) is 43.9 Å². The van der Waals surface area contributed by atoms with E-state index in [0.717, 1.165) is 23.8 Å². The molecular formula is C16H18ClFN2O2. The van der Waals surface area contributed by atoms with E-state index in [0.29, 0.717) is 18.5 Å². The third-order valence-corrected chi connectivity index (χ3v) is 4.32. The Morgan fingerprint density at radius 3 is 3.05 bits per heavy atom. The molecule has 2 N–H and O–H groups in total. The average molecular weight is 325 g/mol. The quantitative estimate of drug-likeness (QED) is 0.907. The van der Waals surface area contributed by atoms with E-state index in [1.807, 2.05) is 13.1 Å².